The molecule has 0 bridgehead atoms. The molecule has 120 valence electrons. The average Bonchev–Trinajstić information content (AvgIpc) is 3.32. The van der Waals surface area contributed by atoms with Crippen LogP contribution in [0.25, 0.3) is 0 Å². The molecule has 1 aliphatic rings. The van der Waals surface area contributed by atoms with Crippen molar-refractivity contribution in [3.05, 3.63) is 65.7 Å². The van der Waals surface area contributed by atoms with Gasteiger partial charge in [0.2, 0.25) is 10.0 Å². The van der Waals surface area contributed by atoms with E-state index in [4.69, 9.17) is 4.74 Å². The van der Waals surface area contributed by atoms with Crippen LogP contribution in [0.3, 0.4) is 0 Å². The van der Waals surface area contributed by atoms with E-state index in [1.54, 1.807) is 24.3 Å². The summed E-state index contributed by atoms with van der Waals surface area (Å²) < 4.78 is 31.6. The van der Waals surface area contributed by atoms with Gasteiger partial charge in [-0.2, -0.15) is 4.31 Å². The lowest BCUT2D eigenvalue weighted by Crippen LogP contribution is -2.20. The van der Waals surface area contributed by atoms with Crippen molar-refractivity contribution < 1.29 is 17.9 Å². The molecule has 0 radical (unpaired) electrons. The fourth-order valence-corrected chi connectivity index (χ4v) is 4.38. The van der Waals surface area contributed by atoms with E-state index >= 15 is 0 Å². The minimum atomic E-state index is -3.75. The molecule has 5 nitrogen and oxygen atoms in total. The summed E-state index contributed by atoms with van der Waals surface area (Å²) in [4.78, 5) is 12.1. The van der Waals surface area contributed by atoms with Gasteiger partial charge in [-0.1, -0.05) is 48.0 Å². The van der Waals surface area contributed by atoms with Crippen LogP contribution in [0.1, 0.15) is 17.2 Å². The molecular formula is C17H17NO4S. The van der Waals surface area contributed by atoms with Crippen LogP contribution in [0.5, 0.6) is 0 Å². The van der Waals surface area contributed by atoms with Crippen LogP contribution in [-0.2, 0) is 19.6 Å². The highest BCUT2D eigenvalue weighted by Gasteiger charge is 2.61. The number of methoxy groups -OCH3 is 1. The van der Waals surface area contributed by atoms with Crippen LogP contribution in [-0.4, -0.2) is 31.8 Å². The minimum absolute atomic E-state index is 0.176. The molecule has 0 spiro atoms. The number of ether oxygens (including phenoxy) is 1. The normalized spacial score (nSPS) is 23.3. The van der Waals surface area contributed by atoms with Crippen molar-refractivity contribution in [2.45, 2.75) is 23.9 Å². The monoisotopic (exact) mass is 331 g/mol. The predicted molar refractivity (Wildman–Crippen MR) is 85.2 cm³/mol. The Morgan fingerprint density at radius 1 is 1.04 bits per heavy atom. The Hall–Kier alpha value is -2.18. The number of hydrogen-bond acceptors (Lipinski definition) is 4. The molecule has 0 N–H and O–H groups in total. The second-order valence-corrected chi connectivity index (χ2v) is 7.31. The summed E-state index contributed by atoms with van der Waals surface area (Å²) in [7, 11) is -2.49. The second-order valence-electron chi connectivity index (χ2n) is 5.47. The van der Waals surface area contributed by atoms with E-state index in [0.717, 1.165) is 11.1 Å². The minimum Gasteiger partial charge on any atom is -0.468 e. The molecule has 0 amide bonds. The Labute approximate surface area is 135 Å². The van der Waals surface area contributed by atoms with Crippen molar-refractivity contribution in [1.82, 2.24) is 4.31 Å². The third-order valence-corrected chi connectivity index (χ3v) is 5.82. The fraction of sp³-hybridized carbons (Fsp3) is 0.235. The van der Waals surface area contributed by atoms with Gasteiger partial charge < -0.3 is 4.74 Å². The summed E-state index contributed by atoms with van der Waals surface area (Å²) in [5.41, 5.74) is 1.75. The summed E-state index contributed by atoms with van der Waals surface area (Å²) in [6.45, 7) is 1.89. The first-order valence-corrected chi connectivity index (χ1v) is 8.64. The molecule has 1 aliphatic heterocycles. The van der Waals surface area contributed by atoms with Gasteiger partial charge in [0.1, 0.15) is 6.04 Å². The summed E-state index contributed by atoms with van der Waals surface area (Å²) in [6.07, 6.45) is 0. The number of carbonyl (C=O) groups is 1. The van der Waals surface area contributed by atoms with E-state index in [-0.39, 0.29) is 4.90 Å². The zero-order valence-electron chi connectivity index (χ0n) is 12.8. The molecule has 0 aliphatic carbocycles. The first-order chi connectivity index (χ1) is 11.0. The Balaban J connectivity index is 1.99. The first kappa shape index (κ1) is 15.7. The molecule has 0 saturated carbocycles. The van der Waals surface area contributed by atoms with Crippen LogP contribution in [0.15, 0.2) is 59.5 Å². The largest absolute Gasteiger partial charge is 0.468 e. The zero-order valence-corrected chi connectivity index (χ0v) is 13.7. The van der Waals surface area contributed by atoms with E-state index < -0.39 is 28.1 Å². The Morgan fingerprint density at radius 2 is 1.65 bits per heavy atom. The van der Waals surface area contributed by atoms with Gasteiger partial charge in [0.05, 0.1) is 18.0 Å². The van der Waals surface area contributed by atoms with E-state index in [0.29, 0.717) is 0 Å². The van der Waals surface area contributed by atoms with Gasteiger partial charge in [0.15, 0.2) is 0 Å². The number of hydrogen-bond donors (Lipinski definition) is 0. The fourth-order valence-electron chi connectivity index (χ4n) is 2.68. The van der Waals surface area contributed by atoms with Gasteiger partial charge in [-0.25, -0.2) is 8.42 Å². The zero-order chi connectivity index (χ0) is 16.6. The highest BCUT2D eigenvalue weighted by atomic mass is 32.2. The summed E-state index contributed by atoms with van der Waals surface area (Å²) in [6, 6.07) is 14.4. The number of aryl methyl sites for hydroxylation is 1. The lowest BCUT2D eigenvalue weighted by molar-refractivity contribution is -0.140. The van der Waals surface area contributed by atoms with Crippen LogP contribution in [0, 0.1) is 6.92 Å². The molecule has 6 heteroatoms. The van der Waals surface area contributed by atoms with Crippen LogP contribution < -0.4 is 0 Å². The number of sulfonamides is 1. The van der Waals surface area contributed by atoms with Crippen LogP contribution in [0.4, 0.5) is 0 Å². The lowest BCUT2D eigenvalue weighted by Gasteiger charge is -2.07. The number of esters is 1. The van der Waals surface area contributed by atoms with E-state index in [1.165, 1.54) is 11.4 Å². The van der Waals surface area contributed by atoms with Crippen molar-refractivity contribution in [1.29, 1.82) is 0 Å². The highest BCUT2D eigenvalue weighted by molar-refractivity contribution is 7.89. The van der Waals surface area contributed by atoms with Gasteiger partial charge in [-0.15, -0.1) is 0 Å². The van der Waals surface area contributed by atoms with Gasteiger partial charge in [-0.05, 0) is 24.6 Å². The molecule has 1 unspecified atom stereocenters. The van der Waals surface area contributed by atoms with Crippen molar-refractivity contribution >= 4 is 16.0 Å². The van der Waals surface area contributed by atoms with Gasteiger partial charge in [0, 0.05) is 0 Å². The number of carbonyl (C=O) groups excluding carboxylic acids is 1. The predicted octanol–water partition coefficient (Wildman–Crippen LogP) is 2.28. The molecule has 2 aromatic rings. The van der Waals surface area contributed by atoms with Gasteiger partial charge in [-0.3, -0.25) is 4.79 Å². The maximum atomic E-state index is 12.8. The van der Waals surface area contributed by atoms with Crippen molar-refractivity contribution in [2.75, 3.05) is 7.11 Å². The highest BCUT2D eigenvalue weighted by Crippen LogP contribution is 2.48. The molecule has 1 fully saturated rings. The number of benzene rings is 2. The van der Waals surface area contributed by atoms with Crippen molar-refractivity contribution in [2.24, 2.45) is 0 Å². The second kappa shape index (κ2) is 5.79. The SMILES string of the molecule is COC(=O)[C@H]1[C@@H](c2ccccc2)N1S(=O)(=O)c1ccc(C)cc1. The number of nitrogens with zero attached hydrogens (tertiary/aromatic N) is 1. The quantitative estimate of drug-likeness (QED) is 0.637. The third-order valence-electron chi connectivity index (χ3n) is 3.94. The van der Waals surface area contributed by atoms with E-state index in [1.807, 2.05) is 37.3 Å². The molecule has 2 aromatic carbocycles. The third kappa shape index (κ3) is 2.75. The maximum absolute atomic E-state index is 12.8. The summed E-state index contributed by atoms with van der Waals surface area (Å²) in [5.74, 6) is -0.547. The summed E-state index contributed by atoms with van der Waals surface area (Å²) >= 11 is 0. The molecule has 1 saturated heterocycles. The topological polar surface area (TPSA) is 63.5 Å². The smallest absolute Gasteiger partial charge is 0.326 e. The molecule has 3 atom stereocenters. The Kier molecular flexibility index (Phi) is 3.95. The Bertz CT molecular complexity index is 815. The van der Waals surface area contributed by atoms with Crippen molar-refractivity contribution in [3.63, 3.8) is 0 Å². The summed E-state index contributed by atoms with van der Waals surface area (Å²) in [5, 5.41) is 0. The van der Waals surface area contributed by atoms with E-state index in [9.17, 15) is 13.2 Å². The maximum Gasteiger partial charge on any atom is 0.326 e. The first-order valence-electron chi connectivity index (χ1n) is 7.20. The molecule has 1 heterocycles. The van der Waals surface area contributed by atoms with Gasteiger partial charge in [0.25, 0.3) is 0 Å². The molecule has 23 heavy (non-hydrogen) atoms. The van der Waals surface area contributed by atoms with Crippen molar-refractivity contribution in [3.8, 4) is 0 Å². The number of rotatable bonds is 4. The average molecular weight is 331 g/mol. The Morgan fingerprint density at radius 3 is 2.22 bits per heavy atom. The standard InChI is InChI=1S/C17H17NO4S/c1-12-8-10-14(11-9-12)23(20,21)18-15(16(18)17(19)22-2)13-6-4-3-5-7-13/h3-11,15-16H,1-2H3/t15-,16-,18?/m1/s1. The lowest BCUT2D eigenvalue weighted by atomic mass is 10.1. The van der Waals surface area contributed by atoms with Gasteiger partial charge >= 0.3 is 5.97 Å². The molecular weight excluding hydrogens is 314 g/mol. The molecule has 0 aromatic heterocycles. The molecule has 3 rings (SSSR count). The van der Waals surface area contributed by atoms with E-state index in [2.05, 4.69) is 0 Å². The van der Waals surface area contributed by atoms with Crippen LogP contribution >= 0.6 is 0 Å². The van der Waals surface area contributed by atoms with Crippen LogP contribution in [0.2, 0.25) is 0 Å².